The summed E-state index contributed by atoms with van der Waals surface area (Å²) in [6, 6.07) is 5.51. The Kier molecular flexibility index (Phi) is 5.22. The second-order valence-corrected chi connectivity index (χ2v) is 4.51. The van der Waals surface area contributed by atoms with Crippen molar-refractivity contribution in [1.82, 2.24) is 4.90 Å². The zero-order chi connectivity index (χ0) is 15.3. The largest absolute Gasteiger partial charge is 0.370 e. The van der Waals surface area contributed by atoms with E-state index in [0.717, 1.165) is 0 Å². The summed E-state index contributed by atoms with van der Waals surface area (Å²) in [5.41, 5.74) is 11.2. The normalized spacial score (nSPS) is 11.6. The molecule has 1 aromatic carbocycles. The van der Waals surface area contributed by atoms with Gasteiger partial charge in [0.05, 0.1) is 23.7 Å². The van der Waals surface area contributed by atoms with E-state index in [1.54, 1.807) is 38.4 Å². The van der Waals surface area contributed by atoms with Gasteiger partial charge in [0, 0.05) is 14.1 Å². The third-order valence-electron chi connectivity index (χ3n) is 2.58. The van der Waals surface area contributed by atoms with Gasteiger partial charge in [0.2, 0.25) is 11.8 Å². The number of anilines is 1. The molecule has 1 aromatic rings. The molecule has 0 heterocycles. The van der Waals surface area contributed by atoms with Gasteiger partial charge in [0.15, 0.2) is 0 Å². The van der Waals surface area contributed by atoms with Crippen LogP contribution < -0.4 is 16.8 Å². The zero-order valence-corrected chi connectivity index (χ0v) is 11.4. The summed E-state index contributed by atoms with van der Waals surface area (Å²) in [6.45, 7) is 0. The monoisotopic (exact) mass is 278 g/mol. The van der Waals surface area contributed by atoms with Gasteiger partial charge in [-0.25, -0.2) is 0 Å². The molecule has 7 heteroatoms. The van der Waals surface area contributed by atoms with Gasteiger partial charge < -0.3 is 21.7 Å². The van der Waals surface area contributed by atoms with Crippen molar-refractivity contribution in [3.63, 3.8) is 0 Å². The Labute approximate surface area is 116 Å². The minimum Gasteiger partial charge on any atom is -0.370 e. The Morgan fingerprint density at radius 2 is 1.85 bits per heavy atom. The molecule has 0 spiro atoms. The molecule has 1 atom stereocenters. The highest BCUT2D eigenvalue weighted by atomic mass is 16.2. The second-order valence-electron chi connectivity index (χ2n) is 4.51. The lowest BCUT2D eigenvalue weighted by Crippen LogP contribution is -2.39. The molecule has 0 saturated carbocycles. The number of carbonyl (C=O) groups excluding carboxylic acids is 3. The number of rotatable bonds is 5. The van der Waals surface area contributed by atoms with E-state index >= 15 is 0 Å². The fourth-order valence-corrected chi connectivity index (χ4v) is 1.55. The van der Waals surface area contributed by atoms with Gasteiger partial charge in [-0.3, -0.25) is 14.4 Å². The molecule has 0 aliphatic carbocycles. The van der Waals surface area contributed by atoms with E-state index in [9.17, 15) is 14.4 Å². The summed E-state index contributed by atoms with van der Waals surface area (Å²) < 4.78 is 0. The number of nitrogens with one attached hydrogen (secondary N) is 1. The van der Waals surface area contributed by atoms with Crippen LogP contribution in [0.3, 0.4) is 0 Å². The van der Waals surface area contributed by atoms with Crippen LogP contribution in [0.4, 0.5) is 5.69 Å². The van der Waals surface area contributed by atoms with Gasteiger partial charge >= 0.3 is 0 Å². The Morgan fingerprint density at radius 3 is 2.40 bits per heavy atom. The van der Waals surface area contributed by atoms with Crippen molar-refractivity contribution in [2.45, 2.75) is 12.5 Å². The van der Waals surface area contributed by atoms with Crippen molar-refractivity contribution in [2.24, 2.45) is 11.5 Å². The maximum atomic E-state index is 12.0. The predicted molar refractivity (Wildman–Crippen MR) is 74.9 cm³/mol. The van der Waals surface area contributed by atoms with Crippen molar-refractivity contribution in [3.05, 3.63) is 29.8 Å². The lowest BCUT2D eigenvalue weighted by atomic mass is 10.1. The van der Waals surface area contributed by atoms with Crippen LogP contribution in [0.1, 0.15) is 16.8 Å². The molecule has 7 nitrogen and oxygen atoms in total. The molecule has 0 radical (unpaired) electrons. The molecular weight excluding hydrogens is 260 g/mol. The number of para-hydroxylation sites is 1. The maximum absolute atomic E-state index is 12.0. The van der Waals surface area contributed by atoms with Crippen LogP contribution in [-0.2, 0) is 9.59 Å². The van der Waals surface area contributed by atoms with Crippen molar-refractivity contribution in [2.75, 3.05) is 19.4 Å². The molecule has 20 heavy (non-hydrogen) atoms. The first kappa shape index (κ1) is 15.6. The van der Waals surface area contributed by atoms with Crippen LogP contribution >= 0.6 is 0 Å². The molecule has 0 aliphatic heterocycles. The first-order valence-corrected chi connectivity index (χ1v) is 5.98. The standard InChI is InChI=1S/C13H18N4O3/c1-17(2)13(20)8-5-3-4-6-10(8)16-12(19)9(14)7-11(15)18/h3-6,9H,7,14H2,1-2H3,(H2,15,18)(H,16,19). The Morgan fingerprint density at radius 1 is 1.25 bits per heavy atom. The number of benzene rings is 1. The minimum atomic E-state index is -1.05. The molecule has 3 amide bonds. The maximum Gasteiger partial charge on any atom is 0.255 e. The highest BCUT2D eigenvalue weighted by Gasteiger charge is 2.19. The zero-order valence-electron chi connectivity index (χ0n) is 11.4. The van der Waals surface area contributed by atoms with E-state index in [1.165, 1.54) is 4.90 Å². The average Bonchev–Trinajstić information content (AvgIpc) is 2.37. The summed E-state index contributed by atoms with van der Waals surface area (Å²) in [6.07, 6.45) is -0.254. The van der Waals surface area contributed by atoms with Crippen LogP contribution in [0.25, 0.3) is 0 Å². The third-order valence-corrected chi connectivity index (χ3v) is 2.58. The minimum absolute atomic E-state index is 0.246. The molecule has 0 bridgehead atoms. The molecule has 0 saturated heterocycles. The number of primary amides is 1. The Bertz CT molecular complexity index is 528. The van der Waals surface area contributed by atoms with Crippen molar-refractivity contribution < 1.29 is 14.4 Å². The first-order chi connectivity index (χ1) is 9.32. The molecule has 0 fully saturated rings. The number of nitrogens with two attached hydrogens (primary N) is 2. The Hall–Kier alpha value is -2.41. The van der Waals surface area contributed by atoms with Crippen LogP contribution in [0.5, 0.6) is 0 Å². The van der Waals surface area contributed by atoms with Crippen LogP contribution in [0.15, 0.2) is 24.3 Å². The molecule has 1 unspecified atom stereocenters. The fraction of sp³-hybridized carbons (Fsp3) is 0.308. The van der Waals surface area contributed by atoms with Gasteiger partial charge in [-0.2, -0.15) is 0 Å². The van der Waals surface area contributed by atoms with Crippen molar-refractivity contribution >= 4 is 23.4 Å². The summed E-state index contributed by atoms with van der Waals surface area (Å²) in [5, 5.41) is 2.53. The SMILES string of the molecule is CN(C)C(=O)c1ccccc1NC(=O)C(N)CC(N)=O. The molecule has 108 valence electrons. The van der Waals surface area contributed by atoms with Gasteiger partial charge in [-0.15, -0.1) is 0 Å². The molecule has 0 aromatic heterocycles. The quantitative estimate of drug-likeness (QED) is 0.674. The third kappa shape index (κ3) is 4.06. The first-order valence-electron chi connectivity index (χ1n) is 5.98. The smallest absolute Gasteiger partial charge is 0.255 e. The van der Waals surface area contributed by atoms with E-state index in [-0.39, 0.29) is 12.3 Å². The molecule has 5 N–H and O–H groups in total. The van der Waals surface area contributed by atoms with E-state index in [2.05, 4.69) is 5.32 Å². The topological polar surface area (TPSA) is 119 Å². The average molecular weight is 278 g/mol. The molecular formula is C13H18N4O3. The van der Waals surface area contributed by atoms with E-state index in [1.807, 2.05) is 0 Å². The van der Waals surface area contributed by atoms with Crippen molar-refractivity contribution in [3.8, 4) is 0 Å². The van der Waals surface area contributed by atoms with Gasteiger partial charge in [-0.1, -0.05) is 12.1 Å². The van der Waals surface area contributed by atoms with Crippen molar-refractivity contribution in [1.29, 1.82) is 0 Å². The van der Waals surface area contributed by atoms with E-state index < -0.39 is 17.9 Å². The van der Waals surface area contributed by atoms with Gasteiger partial charge in [0.25, 0.3) is 5.91 Å². The van der Waals surface area contributed by atoms with E-state index in [4.69, 9.17) is 11.5 Å². The number of hydrogen-bond donors (Lipinski definition) is 3. The summed E-state index contributed by atoms with van der Waals surface area (Å²) in [4.78, 5) is 35.9. The number of carbonyl (C=O) groups is 3. The van der Waals surface area contributed by atoms with Crippen LogP contribution in [-0.4, -0.2) is 42.8 Å². The summed E-state index contributed by atoms with van der Waals surface area (Å²) in [5.74, 6) is -1.47. The summed E-state index contributed by atoms with van der Waals surface area (Å²) in [7, 11) is 3.22. The highest BCUT2D eigenvalue weighted by molar-refractivity contribution is 6.05. The lowest BCUT2D eigenvalue weighted by Gasteiger charge is -2.16. The summed E-state index contributed by atoms with van der Waals surface area (Å²) >= 11 is 0. The number of hydrogen-bond acceptors (Lipinski definition) is 4. The lowest BCUT2D eigenvalue weighted by molar-refractivity contribution is -0.123. The van der Waals surface area contributed by atoms with Gasteiger partial charge in [0.1, 0.15) is 0 Å². The van der Waals surface area contributed by atoms with Crippen LogP contribution in [0.2, 0.25) is 0 Å². The van der Waals surface area contributed by atoms with Gasteiger partial charge in [-0.05, 0) is 12.1 Å². The number of nitrogens with zero attached hydrogens (tertiary/aromatic N) is 1. The highest BCUT2D eigenvalue weighted by Crippen LogP contribution is 2.16. The fourth-order valence-electron chi connectivity index (χ4n) is 1.55. The van der Waals surface area contributed by atoms with Crippen LogP contribution in [0, 0.1) is 0 Å². The second kappa shape index (κ2) is 6.67. The molecule has 1 rings (SSSR count). The van der Waals surface area contributed by atoms with E-state index in [0.29, 0.717) is 11.3 Å². The predicted octanol–water partition coefficient (Wildman–Crippen LogP) is -0.470. The molecule has 0 aliphatic rings. The number of amides is 3. The Balaban J connectivity index is 2.90.